The van der Waals surface area contributed by atoms with E-state index in [4.69, 9.17) is 0 Å². The Morgan fingerprint density at radius 1 is 1.21 bits per heavy atom. The highest BCUT2D eigenvalue weighted by Gasteiger charge is 2.20. The van der Waals surface area contributed by atoms with Gasteiger partial charge in [0.2, 0.25) is 5.91 Å². The second-order valence-electron chi connectivity index (χ2n) is 6.61. The summed E-state index contributed by atoms with van der Waals surface area (Å²) >= 11 is 0. The molecule has 0 fully saturated rings. The molecule has 2 aromatic rings. The van der Waals surface area contributed by atoms with Crippen molar-refractivity contribution in [3.05, 3.63) is 34.4 Å². The minimum absolute atomic E-state index is 0.0330. The zero-order valence-electron chi connectivity index (χ0n) is 15.8. The first kappa shape index (κ1) is 18.2. The molecule has 24 heavy (non-hydrogen) atoms. The Morgan fingerprint density at radius 2 is 1.88 bits per heavy atom. The van der Waals surface area contributed by atoms with Crippen molar-refractivity contribution in [1.29, 1.82) is 0 Å². The smallest absolute Gasteiger partial charge is 0.222 e. The highest BCUT2D eigenvalue weighted by atomic mass is 16.1. The molecule has 0 aliphatic rings. The Kier molecular flexibility index (Phi) is 5.47. The van der Waals surface area contributed by atoms with E-state index in [1.807, 2.05) is 50.0 Å². The standard InChI is InChI=1S/C18H29N5O/c1-8-22-16(7)18(15(6)21-22)14(5)19-17(24)10-13(4)23-12(3)9-11(2)20-23/h9,13-14H,8,10H2,1-7H3,(H,19,24)/t13-,14-/m0/s1. The lowest BCUT2D eigenvalue weighted by molar-refractivity contribution is -0.122. The van der Waals surface area contributed by atoms with Gasteiger partial charge in [-0.15, -0.1) is 0 Å². The second-order valence-corrected chi connectivity index (χ2v) is 6.61. The van der Waals surface area contributed by atoms with Gasteiger partial charge >= 0.3 is 0 Å². The van der Waals surface area contributed by atoms with E-state index in [-0.39, 0.29) is 18.0 Å². The van der Waals surface area contributed by atoms with Crippen LogP contribution in [0.3, 0.4) is 0 Å². The van der Waals surface area contributed by atoms with Crippen LogP contribution in [0.15, 0.2) is 6.07 Å². The number of hydrogen-bond acceptors (Lipinski definition) is 3. The summed E-state index contributed by atoms with van der Waals surface area (Å²) in [5.41, 5.74) is 5.27. The van der Waals surface area contributed by atoms with E-state index in [1.54, 1.807) is 0 Å². The van der Waals surface area contributed by atoms with Gasteiger partial charge in [-0.3, -0.25) is 14.2 Å². The maximum atomic E-state index is 12.4. The summed E-state index contributed by atoms with van der Waals surface area (Å²) in [4.78, 5) is 12.4. The fourth-order valence-electron chi connectivity index (χ4n) is 3.46. The molecule has 0 aliphatic heterocycles. The van der Waals surface area contributed by atoms with Crippen LogP contribution in [0.5, 0.6) is 0 Å². The summed E-state index contributed by atoms with van der Waals surface area (Å²) < 4.78 is 3.90. The molecule has 6 nitrogen and oxygen atoms in total. The minimum Gasteiger partial charge on any atom is -0.349 e. The molecule has 0 unspecified atom stereocenters. The van der Waals surface area contributed by atoms with Gasteiger partial charge in [0, 0.05) is 29.9 Å². The van der Waals surface area contributed by atoms with Crippen molar-refractivity contribution in [1.82, 2.24) is 24.9 Å². The van der Waals surface area contributed by atoms with Crippen molar-refractivity contribution < 1.29 is 4.79 Å². The first-order valence-electron chi connectivity index (χ1n) is 8.60. The Labute approximate surface area is 144 Å². The van der Waals surface area contributed by atoms with Gasteiger partial charge in [-0.05, 0) is 54.5 Å². The lowest BCUT2D eigenvalue weighted by atomic mass is 10.1. The molecule has 0 aliphatic carbocycles. The number of nitrogens with zero attached hydrogens (tertiary/aromatic N) is 4. The molecule has 2 atom stereocenters. The summed E-state index contributed by atoms with van der Waals surface area (Å²) in [6.07, 6.45) is 0.409. The fourth-order valence-corrected chi connectivity index (χ4v) is 3.46. The van der Waals surface area contributed by atoms with Gasteiger partial charge < -0.3 is 5.32 Å². The predicted octanol–water partition coefficient (Wildman–Crippen LogP) is 3.16. The molecule has 2 aromatic heterocycles. The van der Waals surface area contributed by atoms with E-state index in [9.17, 15) is 4.79 Å². The van der Waals surface area contributed by atoms with Crippen LogP contribution in [0.1, 0.15) is 67.6 Å². The molecule has 0 spiro atoms. The Hall–Kier alpha value is -2.11. The molecule has 0 radical (unpaired) electrons. The third kappa shape index (κ3) is 3.68. The second kappa shape index (κ2) is 7.20. The van der Waals surface area contributed by atoms with Gasteiger partial charge in [-0.2, -0.15) is 10.2 Å². The van der Waals surface area contributed by atoms with Crippen LogP contribution in [0.25, 0.3) is 0 Å². The molecule has 1 N–H and O–H groups in total. The molecule has 2 heterocycles. The normalized spacial score (nSPS) is 13.8. The highest BCUT2D eigenvalue weighted by molar-refractivity contribution is 5.76. The van der Waals surface area contributed by atoms with Gasteiger partial charge in [0.15, 0.2) is 0 Å². The molecule has 1 amide bonds. The Bertz CT molecular complexity index is 728. The summed E-state index contributed by atoms with van der Waals surface area (Å²) in [6.45, 7) is 15.0. The van der Waals surface area contributed by atoms with E-state index in [0.29, 0.717) is 6.42 Å². The first-order chi connectivity index (χ1) is 11.2. The molecule has 0 bridgehead atoms. The van der Waals surface area contributed by atoms with E-state index >= 15 is 0 Å². The lowest BCUT2D eigenvalue weighted by Gasteiger charge is -2.18. The van der Waals surface area contributed by atoms with Gasteiger partial charge in [-0.25, -0.2) is 0 Å². The molecule has 2 rings (SSSR count). The maximum Gasteiger partial charge on any atom is 0.222 e. The van der Waals surface area contributed by atoms with E-state index in [2.05, 4.69) is 29.4 Å². The Balaban J connectivity index is 2.04. The third-order valence-corrected chi connectivity index (χ3v) is 4.49. The zero-order chi connectivity index (χ0) is 18.0. The van der Waals surface area contributed by atoms with Gasteiger partial charge in [0.05, 0.1) is 23.5 Å². The van der Waals surface area contributed by atoms with Crippen molar-refractivity contribution in [3.8, 4) is 0 Å². The van der Waals surface area contributed by atoms with Gasteiger partial charge in [0.25, 0.3) is 0 Å². The number of amides is 1. The molecular weight excluding hydrogens is 302 g/mol. The van der Waals surface area contributed by atoms with Crippen LogP contribution in [0.4, 0.5) is 0 Å². The monoisotopic (exact) mass is 331 g/mol. The third-order valence-electron chi connectivity index (χ3n) is 4.49. The number of aryl methyl sites for hydroxylation is 4. The molecule has 0 saturated carbocycles. The van der Waals surface area contributed by atoms with Gasteiger partial charge in [-0.1, -0.05) is 0 Å². The number of carbonyl (C=O) groups is 1. The van der Waals surface area contributed by atoms with Crippen LogP contribution in [-0.2, 0) is 11.3 Å². The average molecular weight is 331 g/mol. The maximum absolute atomic E-state index is 12.4. The number of nitrogens with one attached hydrogen (secondary N) is 1. The van der Waals surface area contributed by atoms with E-state index in [1.165, 1.54) is 0 Å². The van der Waals surface area contributed by atoms with Crippen molar-refractivity contribution >= 4 is 5.91 Å². The zero-order valence-corrected chi connectivity index (χ0v) is 15.8. The molecule has 0 saturated heterocycles. The molecular formula is C18H29N5O. The quantitative estimate of drug-likeness (QED) is 0.884. The molecule has 132 valence electrons. The molecule has 0 aromatic carbocycles. The van der Waals surface area contributed by atoms with E-state index in [0.717, 1.165) is 34.9 Å². The van der Waals surface area contributed by atoms with Crippen molar-refractivity contribution in [3.63, 3.8) is 0 Å². The van der Waals surface area contributed by atoms with E-state index < -0.39 is 0 Å². The van der Waals surface area contributed by atoms with Crippen LogP contribution in [-0.4, -0.2) is 25.5 Å². The average Bonchev–Trinajstić information content (AvgIpc) is 2.97. The van der Waals surface area contributed by atoms with Crippen LogP contribution >= 0.6 is 0 Å². The number of hydrogen-bond donors (Lipinski definition) is 1. The topological polar surface area (TPSA) is 64.7 Å². The molecule has 6 heteroatoms. The summed E-state index contributed by atoms with van der Waals surface area (Å²) in [7, 11) is 0. The number of carbonyl (C=O) groups excluding carboxylic acids is 1. The number of aromatic nitrogens is 4. The predicted molar refractivity (Wildman–Crippen MR) is 95.0 cm³/mol. The van der Waals surface area contributed by atoms with Crippen molar-refractivity contribution in [2.75, 3.05) is 0 Å². The number of rotatable bonds is 6. The summed E-state index contributed by atoms with van der Waals surface area (Å²) in [5, 5.41) is 12.1. The van der Waals surface area contributed by atoms with Gasteiger partial charge in [0.1, 0.15) is 0 Å². The fraction of sp³-hybridized carbons (Fsp3) is 0.611. The summed E-state index contributed by atoms with van der Waals surface area (Å²) in [5.74, 6) is 0.0330. The minimum atomic E-state index is -0.0505. The van der Waals surface area contributed by atoms with Crippen molar-refractivity contribution in [2.24, 2.45) is 0 Å². The lowest BCUT2D eigenvalue weighted by Crippen LogP contribution is -2.29. The van der Waals surface area contributed by atoms with Crippen LogP contribution < -0.4 is 5.32 Å². The summed E-state index contributed by atoms with van der Waals surface area (Å²) in [6, 6.07) is 2.01. The highest BCUT2D eigenvalue weighted by Crippen LogP contribution is 2.22. The Morgan fingerprint density at radius 3 is 2.38 bits per heavy atom. The largest absolute Gasteiger partial charge is 0.349 e. The van der Waals surface area contributed by atoms with Crippen molar-refractivity contribution in [2.45, 2.75) is 73.5 Å². The van der Waals surface area contributed by atoms with Crippen LogP contribution in [0, 0.1) is 27.7 Å². The first-order valence-corrected chi connectivity index (χ1v) is 8.60. The van der Waals surface area contributed by atoms with Crippen LogP contribution in [0.2, 0.25) is 0 Å². The SMILES string of the molecule is CCn1nc(C)c([C@H](C)NC(=O)C[C@H](C)n2nc(C)cc2C)c1C.